The molecule has 0 spiro atoms. The van der Waals surface area contributed by atoms with Gasteiger partial charge in [0.15, 0.2) is 5.96 Å². The van der Waals surface area contributed by atoms with E-state index < -0.39 is 0 Å². The van der Waals surface area contributed by atoms with Crippen LogP contribution in [0.2, 0.25) is 0 Å². The number of nitrogens with one attached hydrogen (secondary N) is 2. The highest BCUT2D eigenvalue weighted by atomic mass is 16.2. The van der Waals surface area contributed by atoms with Gasteiger partial charge in [0.1, 0.15) is 0 Å². The first kappa shape index (κ1) is 20.6. The fourth-order valence-electron chi connectivity index (χ4n) is 4.03. The Morgan fingerprint density at radius 2 is 2.00 bits per heavy atom. The van der Waals surface area contributed by atoms with Crippen molar-refractivity contribution in [3.05, 3.63) is 35.9 Å². The third kappa shape index (κ3) is 5.96. The smallest absolute Gasteiger partial charge is 0.223 e. The van der Waals surface area contributed by atoms with Crippen LogP contribution < -0.4 is 10.6 Å². The van der Waals surface area contributed by atoms with Gasteiger partial charge in [0.05, 0.1) is 0 Å². The molecule has 2 aliphatic rings. The number of likely N-dealkylation sites (N-methyl/N-ethyl adjacent to an activating group) is 1. The van der Waals surface area contributed by atoms with Crippen molar-refractivity contribution in [1.82, 2.24) is 20.4 Å². The van der Waals surface area contributed by atoms with Gasteiger partial charge in [-0.05, 0) is 44.8 Å². The highest BCUT2D eigenvalue weighted by Crippen LogP contribution is 2.34. The third-order valence-corrected chi connectivity index (χ3v) is 5.90. The molecule has 3 rings (SSSR count). The number of aliphatic imine (C=N–C) groups is 1. The zero-order valence-electron chi connectivity index (χ0n) is 17.5. The van der Waals surface area contributed by atoms with Gasteiger partial charge < -0.3 is 20.4 Å². The van der Waals surface area contributed by atoms with Gasteiger partial charge in [-0.3, -0.25) is 9.79 Å². The Kier molecular flexibility index (Phi) is 7.31. The number of nitrogens with zero attached hydrogens (tertiary/aromatic N) is 3. The number of hydrogen-bond donors (Lipinski definition) is 2. The summed E-state index contributed by atoms with van der Waals surface area (Å²) in [6.45, 7) is 3.32. The number of benzene rings is 1. The van der Waals surface area contributed by atoms with E-state index in [1.807, 2.05) is 18.0 Å². The van der Waals surface area contributed by atoms with E-state index in [4.69, 9.17) is 0 Å². The van der Waals surface area contributed by atoms with E-state index in [-0.39, 0.29) is 5.91 Å². The summed E-state index contributed by atoms with van der Waals surface area (Å²) in [5, 5.41) is 6.89. The summed E-state index contributed by atoms with van der Waals surface area (Å²) in [6.07, 6.45) is 4.21. The van der Waals surface area contributed by atoms with Crippen LogP contribution in [0.4, 0.5) is 0 Å². The van der Waals surface area contributed by atoms with E-state index in [9.17, 15) is 4.79 Å². The Bertz CT molecular complexity index is 654. The topological polar surface area (TPSA) is 60.0 Å². The Balaban J connectivity index is 1.39. The summed E-state index contributed by atoms with van der Waals surface area (Å²) in [6, 6.07) is 10.9. The van der Waals surface area contributed by atoms with Crippen molar-refractivity contribution in [3.63, 3.8) is 0 Å². The number of amides is 1. The van der Waals surface area contributed by atoms with Gasteiger partial charge in [-0.15, -0.1) is 0 Å². The van der Waals surface area contributed by atoms with Crippen LogP contribution >= 0.6 is 0 Å². The number of guanidine groups is 1. The molecule has 1 aliphatic carbocycles. The van der Waals surface area contributed by atoms with Gasteiger partial charge in [-0.25, -0.2) is 0 Å². The van der Waals surface area contributed by atoms with E-state index in [2.05, 4.69) is 58.9 Å². The van der Waals surface area contributed by atoms with Crippen molar-refractivity contribution in [2.24, 2.45) is 16.8 Å². The number of rotatable bonds is 9. The lowest BCUT2D eigenvalue weighted by Gasteiger charge is -2.25. The van der Waals surface area contributed by atoms with E-state index in [0.29, 0.717) is 18.4 Å². The van der Waals surface area contributed by atoms with Crippen LogP contribution in [0.25, 0.3) is 0 Å². The molecular weight excluding hydrogens is 350 g/mol. The fourth-order valence-corrected chi connectivity index (χ4v) is 4.03. The summed E-state index contributed by atoms with van der Waals surface area (Å²) >= 11 is 0. The minimum absolute atomic E-state index is 0.270. The predicted octanol–water partition coefficient (Wildman–Crippen LogP) is 1.58. The number of carbonyl (C=O) groups is 1. The Hall–Kier alpha value is -2.08. The normalized spacial score (nSPS) is 21.3. The summed E-state index contributed by atoms with van der Waals surface area (Å²) in [7, 11) is 6.10. The van der Waals surface area contributed by atoms with Gasteiger partial charge in [0.25, 0.3) is 0 Å². The zero-order valence-corrected chi connectivity index (χ0v) is 17.5. The summed E-state index contributed by atoms with van der Waals surface area (Å²) in [4.78, 5) is 21.0. The number of likely N-dealkylation sites (tertiary alicyclic amines) is 1. The van der Waals surface area contributed by atoms with Crippen molar-refractivity contribution in [3.8, 4) is 0 Å². The lowest BCUT2D eigenvalue weighted by Crippen LogP contribution is -2.47. The maximum absolute atomic E-state index is 12.3. The van der Waals surface area contributed by atoms with Crippen LogP contribution in [0.15, 0.2) is 35.3 Å². The van der Waals surface area contributed by atoms with Crippen LogP contribution in [0.1, 0.15) is 24.8 Å². The monoisotopic (exact) mass is 385 g/mol. The minimum atomic E-state index is 0.270. The molecular formula is C22H35N5O. The summed E-state index contributed by atoms with van der Waals surface area (Å²) in [5.74, 6) is 2.26. The fraction of sp³-hybridized carbons (Fsp3) is 0.636. The minimum Gasteiger partial charge on any atom is -0.356 e. The molecule has 1 saturated carbocycles. The molecule has 2 N–H and O–H groups in total. The molecule has 0 aromatic heterocycles. The lowest BCUT2D eigenvalue weighted by molar-refractivity contribution is -0.127. The first-order valence-electron chi connectivity index (χ1n) is 10.5. The molecule has 2 unspecified atom stereocenters. The maximum Gasteiger partial charge on any atom is 0.223 e. The van der Waals surface area contributed by atoms with Gasteiger partial charge in [0, 0.05) is 51.6 Å². The van der Waals surface area contributed by atoms with Crippen molar-refractivity contribution in [2.45, 2.75) is 31.7 Å². The first-order chi connectivity index (χ1) is 13.6. The molecule has 1 aromatic rings. The molecule has 0 bridgehead atoms. The maximum atomic E-state index is 12.3. The standard InChI is InChI=1S/C22H35N5O/c1-23-22(25-15-20(26(2)3)19-9-10-19)24-14-18-13-21(28)27(16-18)12-11-17-7-5-4-6-8-17/h4-8,18-20H,9-16H2,1-3H3,(H2,23,24,25). The second kappa shape index (κ2) is 9.92. The Morgan fingerprint density at radius 1 is 1.25 bits per heavy atom. The second-order valence-corrected chi connectivity index (χ2v) is 8.35. The van der Waals surface area contributed by atoms with E-state index in [0.717, 1.165) is 44.5 Å². The van der Waals surface area contributed by atoms with Gasteiger partial charge >= 0.3 is 0 Å². The Labute approximate surface area is 169 Å². The molecule has 1 heterocycles. The molecule has 2 atom stereocenters. The molecule has 1 amide bonds. The van der Waals surface area contributed by atoms with E-state index in [1.165, 1.54) is 18.4 Å². The molecule has 1 aromatic carbocycles. The number of hydrogen-bond acceptors (Lipinski definition) is 3. The van der Waals surface area contributed by atoms with Crippen molar-refractivity contribution < 1.29 is 4.79 Å². The van der Waals surface area contributed by atoms with Crippen LogP contribution in [0.3, 0.4) is 0 Å². The molecule has 28 heavy (non-hydrogen) atoms. The van der Waals surface area contributed by atoms with Gasteiger partial charge in [-0.2, -0.15) is 0 Å². The average molecular weight is 386 g/mol. The highest BCUT2D eigenvalue weighted by Gasteiger charge is 2.33. The molecule has 2 fully saturated rings. The van der Waals surface area contributed by atoms with E-state index in [1.54, 1.807) is 0 Å². The lowest BCUT2D eigenvalue weighted by atomic mass is 10.1. The predicted molar refractivity (Wildman–Crippen MR) is 114 cm³/mol. The van der Waals surface area contributed by atoms with Gasteiger partial charge in [-0.1, -0.05) is 30.3 Å². The highest BCUT2D eigenvalue weighted by molar-refractivity contribution is 5.80. The van der Waals surface area contributed by atoms with Crippen LogP contribution in [0.5, 0.6) is 0 Å². The molecule has 6 heteroatoms. The molecule has 1 saturated heterocycles. The molecule has 0 radical (unpaired) electrons. The summed E-state index contributed by atoms with van der Waals surface area (Å²) in [5.41, 5.74) is 1.28. The van der Waals surface area contributed by atoms with Crippen molar-refractivity contribution in [2.75, 3.05) is 47.3 Å². The van der Waals surface area contributed by atoms with Gasteiger partial charge in [0.2, 0.25) is 5.91 Å². The van der Waals surface area contributed by atoms with E-state index >= 15 is 0 Å². The molecule has 6 nitrogen and oxygen atoms in total. The largest absolute Gasteiger partial charge is 0.356 e. The Morgan fingerprint density at radius 3 is 2.64 bits per heavy atom. The van der Waals surface area contributed by atoms with Crippen LogP contribution in [0, 0.1) is 11.8 Å². The SMILES string of the molecule is CN=C(NCC1CC(=O)N(CCc2ccccc2)C1)NCC(C1CC1)N(C)C. The van der Waals surface area contributed by atoms with Crippen molar-refractivity contribution in [1.29, 1.82) is 0 Å². The average Bonchev–Trinajstić information content (AvgIpc) is 3.46. The van der Waals surface area contributed by atoms with Crippen LogP contribution in [-0.2, 0) is 11.2 Å². The molecule has 1 aliphatic heterocycles. The summed E-state index contributed by atoms with van der Waals surface area (Å²) < 4.78 is 0. The third-order valence-electron chi connectivity index (χ3n) is 5.90. The molecule has 154 valence electrons. The number of carbonyl (C=O) groups excluding carboxylic acids is 1. The van der Waals surface area contributed by atoms with Crippen LogP contribution in [-0.4, -0.2) is 75.0 Å². The zero-order chi connectivity index (χ0) is 19.9. The second-order valence-electron chi connectivity index (χ2n) is 8.35. The first-order valence-corrected chi connectivity index (χ1v) is 10.5. The quantitative estimate of drug-likeness (QED) is 0.501. The van der Waals surface area contributed by atoms with Crippen molar-refractivity contribution >= 4 is 11.9 Å².